The second-order valence-corrected chi connectivity index (χ2v) is 14.3. The third-order valence-electron chi connectivity index (χ3n) is 7.64. The molecule has 1 aliphatic rings. The highest BCUT2D eigenvalue weighted by Gasteiger charge is 2.46. The average molecular weight is 624 g/mol. The van der Waals surface area contributed by atoms with Gasteiger partial charge in [0.05, 0.1) is 16.9 Å². The molecule has 0 saturated heterocycles. The van der Waals surface area contributed by atoms with Crippen molar-refractivity contribution in [3.63, 3.8) is 0 Å². The first-order valence-corrected chi connectivity index (χ1v) is 15.9. The van der Waals surface area contributed by atoms with Gasteiger partial charge in [-0.15, -0.1) is 0 Å². The molecule has 1 aliphatic carbocycles. The highest BCUT2D eigenvalue weighted by atomic mass is 79.9. The van der Waals surface area contributed by atoms with Gasteiger partial charge in [0, 0.05) is 4.47 Å². The smallest absolute Gasteiger partial charge is 0.266 e. The van der Waals surface area contributed by atoms with Crippen molar-refractivity contribution in [2.24, 2.45) is 5.41 Å². The second-order valence-electron chi connectivity index (χ2n) is 11.7. The maximum Gasteiger partial charge on any atom is 0.296 e. The van der Waals surface area contributed by atoms with E-state index in [0.29, 0.717) is 0 Å². The van der Waals surface area contributed by atoms with Crippen molar-refractivity contribution in [2.75, 3.05) is 6.61 Å². The molecule has 206 valence electrons. The lowest BCUT2D eigenvalue weighted by atomic mass is 9.67. The fourth-order valence-electron chi connectivity index (χ4n) is 5.78. The summed E-state index contributed by atoms with van der Waals surface area (Å²) in [6.45, 7) is 5.96. The van der Waals surface area contributed by atoms with Crippen LogP contribution in [0.1, 0.15) is 43.0 Å². The minimum absolute atomic E-state index is 0.125. The number of hydrogen-bond acceptors (Lipinski definition) is 3. The molecular weight excluding hydrogens is 592 g/mol. The van der Waals surface area contributed by atoms with Gasteiger partial charge in [0.1, 0.15) is 0 Å². The van der Waals surface area contributed by atoms with Crippen molar-refractivity contribution < 1.29 is 12.6 Å². The maximum atomic E-state index is 12.8. The summed E-state index contributed by atoms with van der Waals surface area (Å²) in [5.41, 5.74) is 8.41. The van der Waals surface area contributed by atoms with Crippen molar-refractivity contribution in [2.45, 2.75) is 31.1 Å². The zero-order valence-corrected chi connectivity index (χ0v) is 25.7. The number of rotatable bonds is 6. The van der Waals surface area contributed by atoms with E-state index in [1.807, 2.05) is 32.9 Å². The topological polar surface area (TPSA) is 43.4 Å². The highest BCUT2D eigenvalue weighted by Crippen LogP contribution is 2.57. The summed E-state index contributed by atoms with van der Waals surface area (Å²) in [5, 5.41) is 0. The third-order valence-corrected chi connectivity index (χ3v) is 9.41. The molecule has 0 heterocycles. The summed E-state index contributed by atoms with van der Waals surface area (Å²) in [4.78, 5) is 0.159. The fraction of sp³-hybridized carbons (Fsp3) is 0.167. The summed E-state index contributed by atoms with van der Waals surface area (Å²) in [6.07, 6.45) is 0. The summed E-state index contributed by atoms with van der Waals surface area (Å²) in [7, 11) is -3.84. The summed E-state index contributed by atoms with van der Waals surface area (Å²) < 4.78 is 32.0. The van der Waals surface area contributed by atoms with Crippen molar-refractivity contribution in [3.05, 3.63) is 148 Å². The van der Waals surface area contributed by atoms with Crippen LogP contribution in [0.2, 0.25) is 0 Å². The number of benzene rings is 5. The molecule has 0 fully saturated rings. The highest BCUT2D eigenvalue weighted by molar-refractivity contribution is 9.10. The molecule has 5 aromatic rings. The predicted molar refractivity (Wildman–Crippen MR) is 169 cm³/mol. The Morgan fingerprint density at radius 1 is 0.659 bits per heavy atom. The van der Waals surface area contributed by atoms with E-state index < -0.39 is 15.5 Å². The quantitative estimate of drug-likeness (QED) is 0.174. The van der Waals surface area contributed by atoms with E-state index in [2.05, 4.69) is 113 Å². The molecule has 0 atom stereocenters. The van der Waals surface area contributed by atoms with Gasteiger partial charge >= 0.3 is 0 Å². The summed E-state index contributed by atoms with van der Waals surface area (Å²) in [6, 6.07) is 41.4. The van der Waals surface area contributed by atoms with Crippen molar-refractivity contribution in [1.82, 2.24) is 0 Å². The number of hydrogen-bond donors (Lipinski definition) is 0. The Kier molecular flexibility index (Phi) is 7.01. The first kappa shape index (κ1) is 27.6. The third kappa shape index (κ3) is 4.97. The number of fused-ring (bicyclic) bond motifs is 3. The van der Waals surface area contributed by atoms with Crippen LogP contribution < -0.4 is 0 Å². The van der Waals surface area contributed by atoms with Crippen LogP contribution in [0.5, 0.6) is 0 Å². The molecule has 0 spiro atoms. The molecule has 0 aliphatic heterocycles. The average Bonchev–Trinajstić information content (AvgIpc) is 3.26. The van der Waals surface area contributed by atoms with E-state index in [9.17, 15) is 8.42 Å². The molecule has 0 bridgehead atoms. The molecule has 0 N–H and O–H groups in total. The molecule has 41 heavy (non-hydrogen) atoms. The Labute approximate surface area is 251 Å². The predicted octanol–water partition coefficient (Wildman–Crippen LogP) is 9.23. The fourth-order valence-corrected chi connectivity index (χ4v) is 7.25. The van der Waals surface area contributed by atoms with Crippen LogP contribution in [0.3, 0.4) is 0 Å². The molecule has 0 saturated carbocycles. The van der Waals surface area contributed by atoms with Crippen molar-refractivity contribution >= 4 is 26.0 Å². The van der Waals surface area contributed by atoms with Gasteiger partial charge in [-0.05, 0) is 80.3 Å². The SMILES string of the molecule is CC(C)(C)COS(=O)(=O)c1ccc(-c2ccc3c(c2)C(c2ccccc2)(c2ccccc2)c2cc(Br)ccc2-3)cc1. The monoisotopic (exact) mass is 622 g/mol. The van der Waals surface area contributed by atoms with Gasteiger partial charge in [-0.1, -0.05) is 128 Å². The lowest BCUT2D eigenvalue weighted by molar-refractivity contribution is 0.203. The van der Waals surface area contributed by atoms with Crippen LogP contribution >= 0.6 is 15.9 Å². The molecule has 3 nitrogen and oxygen atoms in total. The lowest BCUT2D eigenvalue weighted by Crippen LogP contribution is -2.28. The van der Waals surface area contributed by atoms with E-state index >= 15 is 0 Å². The van der Waals surface area contributed by atoms with Crippen LogP contribution in [0.15, 0.2) is 131 Å². The van der Waals surface area contributed by atoms with Crippen LogP contribution in [-0.2, 0) is 19.7 Å². The van der Waals surface area contributed by atoms with Gasteiger partial charge in [0.15, 0.2) is 0 Å². The Morgan fingerprint density at radius 3 is 1.73 bits per heavy atom. The summed E-state index contributed by atoms with van der Waals surface area (Å²) in [5.74, 6) is 0. The molecule has 0 amide bonds. The molecule has 0 aromatic heterocycles. The zero-order valence-electron chi connectivity index (χ0n) is 23.3. The Balaban J connectivity index is 1.51. The van der Waals surface area contributed by atoms with Crippen LogP contribution in [-0.4, -0.2) is 15.0 Å². The van der Waals surface area contributed by atoms with E-state index in [1.165, 1.54) is 33.4 Å². The molecule has 6 rings (SSSR count). The first-order chi connectivity index (χ1) is 19.6. The Morgan fingerprint density at radius 2 is 1.17 bits per heavy atom. The standard InChI is InChI=1S/C36H31BrO3S/c1-35(2,3)24-40-41(38,39)30-18-14-25(15-19-30)26-16-20-31-32-21-17-29(37)23-34(32)36(33(31)22-26,27-10-6-4-7-11-27)28-12-8-5-9-13-28/h4-23H,24H2,1-3H3. The zero-order chi connectivity index (χ0) is 28.8. The minimum atomic E-state index is -3.84. The van der Waals surface area contributed by atoms with Crippen molar-refractivity contribution in [1.29, 1.82) is 0 Å². The molecule has 0 unspecified atom stereocenters. The lowest BCUT2D eigenvalue weighted by Gasteiger charge is -2.34. The molecule has 5 aromatic carbocycles. The van der Waals surface area contributed by atoms with Gasteiger partial charge in [0.25, 0.3) is 10.1 Å². The van der Waals surface area contributed by atoms with Crippen molar-refractivity contribution in [3.8, 4) is 22.3 Å². The largest absolute Gasteiger partial charge is 0.296 e. The Bertz CT molecular complexity index is 1780. The maximum absolute atomic E-state index is 12.8. The van der Waals surface area contributed by atoms with Gasteiger partial charge in [-0.2, -0.15) is 8.42 Å². The van der Waals surface area contributed by atoms with Gasteiger partial charge in [-0.25, -0.2) is 0 Å². The van der Waals surface area contributed by atoms with Crippen LogP contribution in [0, 0.1) is 5.41 Å². The van der Waals surface area contributed by atoms with Gasteiger partial charge < -0.3 is 0 Å². The summed E-state index contributed by atoms with van der Waals surface area (Å²) >= 11 is 3.74. The second kappa shape index (κ2) is 10.4. The van der Waals surface area contributed by atoms with Gasteiger partial charge in [-0.3, -0.25) is 4.18 Å². The van der Waals surface area contributed by atoms with E-state index in [0.717, 1.165) is 15.6 Å². The molecule has 5 heteroatoms. The van der Waals surface area contributed by atoms with E-state index in [-0.39, 0.29) is 16.9 Å². The first-order valence-electron chi connectivity index (χ1n) is 13.7. The van der Waals surface area contributed by atoms with E-state index in [4.69, 9.17) is 4.18 Å². The minimum Gasteiger partial charge on any atom is -0.266 e. The molecular formula is C36H31BrO3S. The van der Waals surface area contributed by atoms with Gasteiger partial charge in [0.2, 0.25) is 0 Å². The normalized spacial score (nSPS) is 14.0. The molecule has 0 radical (unpaired) electrons. The van der Waals surface area contributed by atoms with Crippen LogP contribution in [0.25, 0.3) is 22.3 Å². The number of halogens is 1. The Hall–Kier alpha value is -3.51. The van der Waals surface area contributed by atoms with E-state index in [1.54, 1.807) is 12.1 Å². The van der Waals surface area contributed by atoms with Crippen LogP contribution in [0.4, 0.5) is 0 Å².